The number of hydrogen-bond donors (Lipinski definition) is 1. The Labute approximate surface area is 136 Å². The van der Waals surface area contributed by atoms with Gasteiger partial charge in [-0.3, -0.25) is 4.68 Å². The average molecular weight is 312 g/mol. The van der Waals surface area contributed by atoms with Gasteiger partial charge in [-0.25, -0.2) is 4.98 Å². The molecule has 0 radical (unpaired) electrons. The molecule has 0 aliphatic rings. The van der Waals surface area contributed by atoms with Crippen molar-refractivity contribution < 1.29 is 0 Å². The van der Waals surface area contributed by atoms with Crippen molar-refractivity contribution in [1.82, 2.24) is 24.4 Å². The standard InChI is InChI=1S/C17H24N6/c1-11(2)15-7-16(23-17(20-15)6-13(4)21-23)18-9-14(5)22-10-12(3)8-19-22/h6-8,10-11,14,18H,9H2,1-5H3/t14-/m0/s1. The van der Waals surface area contributed by atoms with E-state index >= 15 is 0 Å². The first-order valence-electron chi connectivity index (χ1n) is 8.06. The minimum atomic E-state index is 0.256. The molecule has 1 N–H and O–H groups in total. The van der Waals surface area contributed by atoms with Crippen LogP contribution in [0.15, 0.2) is 24.5 Å². The molecule has 0 amide bonds. The molecule has 0 fully saturated rings. The van der Waals surface area contributed by atoms with Crippen molar-refractivity contribution in [2.75, 3.05) is 11.9 Å². The minimum absolute atomic E-state index is 0.256. The fraction of sp³-hybridized carbons (Fsp3) is 0.471. The zero-order chi connectivity index (χ0) is 16.6. The van der Waals surface area contributed by atoms with Gasteiger partial charge in [0.05, 0.1) is 17.9 Å². The summed E-state index contributed by atoms with van der Waals surface area (Å²) in [6.07, 6.45) is 3.95. The highest BCUT2D eigenvalue weighted by atomic mass is 15.3. The third-order valence-electron chi connectivity index (χ3n) is 3.92. The van der Waals surface area contributed by atoms with Crippen LogP contribution in [0.25, 0.3) is 5.65 Å². The van der Waals surface area contributed by atoms with Gasteiger partial charge in [0.25, 0.3) is 0 Å². The van der Waals surface area contributed by atoms with E-state index in [0.717, 1.165) is 29.4 Å². The predicted octanol–water partition coefficient (Wildman–Crippen LogP) is 3.34. The molecule has 0 aliphatic heterocycles. The van der Waals surface area contributed by atoms with Crippen molar-refractivity contribution in [2.45, 2.75) is 46.6 Å². The summed E-state index contributed by atoms with van der Waals surface area (Å²) >= 11 is 0. The molecular weight excluding hydrogens is 288 g/mol. The molecule has 0 spiro atoms. The first-order chi connectivity index (χ1) is 10.9. The van der Waals surface area contributed by atoms with Gasteiger partial charge in [-0.15, -0.1) is 0 Å². The van der Waals surface area contributed by atoms with E-state index in [2.05, 4.69) is 60.5 Å². The Bertz CT molecular complexity index is 814. The molecule has 0 saturated heterocycles. The van der Waals surface area contributed by atoms with E-state index in [1.807, 2.05) is 28.4 Å². The topological polar surface area (TPSA) is 60.0 Å². The van der Waals surface area contributed by atoms with Gasteiger partial charge in [0.1, 0.15) is 5.82 Å². The van der Waals surface area contributed by atoms with Gasteiger partial charge in [0, 0.05) is 30.6 Å². The van der Waals surface area contributed by atoms with Crippen LogP contribution >= 0.6 is 0 Å². The van der Waals surface area contributed by atoms with Gasteiger partial charge in [0.15, 0.2) is 5.65 Å². The molecule has 3 rings (SSSR count). The number of aryl methyl sites for hydroxylation is 2. The highest BCUT2D eigenvalue weighted by molar-refractivity contribution is 5.51. The lowest BCUT2D eigenvalue weighted by Gasteiger charge is -2.16. The SMILES string of the molecule is Cc1cnn([C@@H](C)CNc2cc(C(C)C)nc3cc(C)nn23)c1. The fourth-order valence-electron chi connectivity index (χ4n) is 2.55. The Morgan fingerprint density at radius 1 is 1.17 bits per heavy atom. The molecule has 3 heterocycles. The molecule has 0 unspecified atom stereocenters. The van der Waals surface area contributed by atoms with Crippen molar-refractivity contribution in [3.8, 4) is 0 Å². The molecule has 3 aromatic rings. The maximum Gasteiger partial charge on any atom is 0.157 e. The summed E-state index contributed by atoms with van der Waals surface area (Å²) in [6, 6.07) is 4.36. The smallest absolute Gasteiger partial charge is 0.157 e. The Kier molecular flexibility index (Phi) is 4.07. The molecule has 3 aromatic heterocycles. The van der Waals surface area contributed by atoms with Crippen molar-refractivity contribution in [1.29, 1.82) is 0 Å². The fourth-order valence-corrected chi connectivity index (χ4v) is 2.55. The predicted molar refractivity (Wildman–Crippen MR) is 92.0 cm³/mol. The zero-order valence-corrected chi connectivity index (χ0v) is 14.4. The number of anilines is 1. The maximum absolute atomic E-state index is 4.69. The highest BCUT2D eigenvalue weighted by Crippen LogP contribution is 2.20. The lowest BCUT2D eigenvalue weighted by Crippen LogP contribution is -2.18. The van der Waals surface area contributed by atoms with Crippen LogP contribution in [0.4, 0.5) is 5.82 Å². The second kappa shape index (κ2) is 6.02. The summed E-state index contributed by atoms with van der Waals surface area (Å²) in [7, 11) is 0. The van der Waals surface area contributed by atoms with Crippen molar-refractivity contribution in [2.24, 2.45) is 0 Å². The maximum atomic E-state index is 4.69. The summed E-state index contributed by atoms with van der Waals surface area (Å²) in [6.45, 7) is 11.3. The quantitative estimate of drug-likeness (QED) is 0.785. The van der Waals surface area contributed by atoms with E-state index in [4.69, 9.17) is 0 Å². The van der Waals surface area contributed by atoms with Gasteiger partial charge in [-0.2, -0.15) is 14.7 Å². The van der Waals surface area contributed by atoms with Gasteiger partial charge in [-0.1, -0.05) is 13.8 Å². The van der Waals surface area contributed by atoms with E-state index in [1.165, 1.54) is 5.56 Å². The first kappa shape index (κ1) is 15.5. The van der Waals surface area contributed by atoms with Crippen LogP contribution in [-0.4, -0.2) is 30.9 Å². The van der Waals surface area contributed by atoms with E-state index in [-0.39, 0.29) is 6.04 Å². The minimum Gasteiger partial charge on any atom is -0.368 e. The van der Waals surface area contributed by atoms with E-state index in [9.17, 15) is 0 Å². The number of rotatable bonds is 5. The Balaban J connectivity index is 1.86. The molecule has 6 nitrogen and oxygen atoms in total. The summed E-state index contributed by atoms with van der Waals surface area (Å²) < 4.78 is 3.86. The molecule has 0 aliphatic carbocycles. The van der Waals surface area contributed by atoms with Crippen LogP contribution in [0.1, 0.15) is 49.7 Å². The van der Waals surface area contributed by atoms with Gasteiger partial charge < -0.3 is 5.32 Å². The van der Waals surface area contributed by atoms with Gasteiger partial charge in [0.2, 0.25) is 0 Å². The Hall–Kier alpha value is -2.37. The monoisotopic (exact) mass is 312 g/mol. The number of nitrogens with zero attached hydrogens (tertiary/aromatic N) is 5. The number of aromatic nitrogens is 5. The Morgan fingerprint density at radius 2 is 1.96 bits per heavy atom. The van der Waals surface area contributed by atoms with Crippen LogP contribution in [0, 0.1) is 13.8 Å². The van der Waals surface area contributed by atoms with Crippen LogP contribution in [0.2, 0.25) is 0 Å². The molecule has 0 saturated carbocycles. The number of nitrogens with one attached hydrogen (secondary N) is 1. The Morgan fingerprint density at radius 3 is 2.61 bits per heavy atom. The average Bonchev–Trinajstić information content (AvgIpc) is 3.08. The highest BCUT2D eigenvalue weighted by Gasteiger charge is 2.12. The van der Waals surface area contributed by atoms with Gasteiger partial charge in [-0.05, 0) is 32.3 Å². The molecule has 0 bridgehead atoms. The van der Waals surface area contributed by atoms with Crippen LogP contribution < -0.4 is 5.32 Å². The van der Waals surface area contributed by atoms with Crippen LogP contribution in [0.5, 0.6) is 0 Å². The summed E-state index contributed by atoms with van der Waals surface area (Å²) in [5.41, 5.74) is 4.10. The molecule has 6 heteroatoms. The van der Waals surface area contributed by atoms with Crippen LogP contribution in [-0.2, 0) is 0 Å². The number of hydrogen-bond acceptors (Lipinski definition) is 4. The zero-order valence-electron chi connectivity index (χ0n) is 14.4. The van der Waals surface area contributed by atoms with Crippen molar-refractivity contribution in [3.05, 3.63) is 41.5 Å². The summed E-state index contributed by atoms with van der Waals surface area (Å²) in [5, 5.41) is 12.4. The summed E-state index contributed by atoms with van der Waals surface area (Å²) in [4.78, 5) is 4.69. The van der Waals surface area contributed by atoms with Gasteiger partial charge >= 0.3 is 0 Å². The largest absolute Gasteiger partial charge is 0.368 e. The lowest BCUT2D eigenvalue weighted by atomic mass is 10.1. The first-order valence-corrected chi connectivity index (χ1v) is 8.06. The van der Waals surface area contributed by atoms with E-state index < -0.39 is 0 Å². The summed E-state index contributed by atoms with van der Waals surface area (Å²) in [5.74, 6) is 1.35. The third kappa shape index (κ3) is 3.21. The second-order valence-corrected chi connectivity index (χ2v) is 6.50. The van der Waals surface area contributed by atoms with Crippen molar-refractivity contribution >= 4 is 11.5 Å². The molecule has 1 atom stereocenters. The molecular formula is C17H24N6. The molecule has 122 valence electrons. The third-order valence-corrected chi connectivity index (χ3v) is 3.92. The van der Waals surface area contributed by atoms with Crippen LogP contribution in [0.3, 0.4) is 0 Å². The van der Waals surface area contributed by atoms with E-state index in [0.29, 0.717) is 5.92 Å². The van der Waals surface area contributed by atoms with E-state index in [1.54, 1.807) is 0 Å². The number of fused-ring (bicyclic) bond motifs is 1. The molecule has 0 aromatic carbocycles. The normalized spacial score (nSPS) is 13.0. The lowest BCUT2D eigenvalue weighted by molar-refractivity contribution is 0.511. The second-order valence-electron chi connectivity index (χ2n) is 6.50. The van der Waals surface area contributed by atoms with Crippen molar-refractivity contribution in [3.63, 3.8) is 0 Å². The molecule has 23 heavy (non-hydrogen) atoms.